The normalized spacial score (nSPS) is 12.1. The highest BCUT2D eigenvalue weighted by atomic mass is 15.1. The smallest absolute Gasteiger partial charge is 0.140 e. The molecular formula is C28H31N3. The molecule has 0 aliphatic heterocycles. The van der Waals surface area contributed by atoms with Crippen molar-refractivity contribution in [2.24, 2.45) is 0 Å². The highest BCUT2D eigenvalue weighted by Gasteiger charge is 2.23. The topological polar surface area (TPSA) is 29.9 Å². The van der Waals surface area contributed by atoms with Crippen molar-refractivity contribution >= 4 is 0 Å². The molecule has 1 N–H and O–H groups in total. The number of hydrogen-bond donors (Lipinski definition) is 1. The Morgan fingerprint density at radius 2 is 1.39 bits per heavy atom. The van der Waals surface area contributed by atoms with Crippen LogP contribution in [0.3, 0.4) is 0 Å². The van der Waals surface area contributed by atoms with E-state index in [1.165, 1.54) is 16.8 Å². The summed E-state index contributed by atoms with van der Waals surface area (Å²) in [5, 5.41) is 3.75. The molecular weight excluding hydrogens is 378 g/mol. The molecule has 0 fully saturated rings. The van der Waals surface area contributed by atoms with Crippen LogP contribution >= 0.6 is 0 Å². The van der Waals surface area contributed by atoms with E-state index in [1.54, 1.807) is 0 Å². The van der Waals surface area contributed by atoms with Crippen LogP contribution in [0.2, 0.25) is 0 Å². The van der Waals surface area contributed by atoms with Gasteiger partial charge in [-0.2, -0.15) is 0 Å². The van der Waals surface area contributed by atoms with Crippen molar-refractivity contribution in [1.29, 1.82) is 0 Å². The molecule has 1 aromatic heterocycles. The molecule has 3 aromatic carbocycles. The summed E-state index contributed by atoms with van der Waals surface area (Å²) >= 11 is 0. The lowest BCUT2D eigenvalue weighted by atomic mass is 10.1. The molecule has 0 saturated carbocycles. The number of imidazole rings is 1. The zero-order valence-electron chi connectivity index (χ0n) is 18.5. The summed E-state index contributed by atoms with van der Waals surface area (Å²) in [6.45, 7) is 6.29. The summed E-state index contributed by atoms with van der Waals surface area (Å²) < 4.78 is 2.43. The molecule has 0 radical (unpaired) electrons. The Hall–Kier alpha value is -3.17. The minimum atomic E-state index is 0.164. The molecule has 3 heteroatoms. The van der Waals surface area contributed by atoms with Crippen molar-refractivity contribution in [3.05, 3.63) is 102 Å². The second-order valence-electron chi connectivity index (χ2n) is 7.99. The number of hydrogen-bond acceptors (Lipinski definition) is 2. The molecule has 31 heavy (non-hydrogen) atoms. The third-order valence-corrected chi connectivity index (χ3v) is 5.69. The van der Waals surface area contributed by atoms with Crippen LogP contribution in [0.15, 0.2) is 91.0 Å². The van der Waals surface area contributed by atoms with E-state index in [9.17, 15) is 0 Å². The van der Waals surface area contributed by atoms with Crippen LogP contribution in [-0.4, -0.2) is 9.55 Å². The van der Waals surface area contributed by atoms with Gasteiger partial charge in [0.1, 0.15) is 5.82 Å². The Labute approximate surface area is 185 Å². The van der Waals surface area contributed by atoms with E-state index in [0.717, 1.165) is 43.0 Å². The van der Waals surface area contributed by atoms with Crippen molar-refractivity contribution in [3.8, 4) is 22.6 Å². The van der Waals surface area contributed by atoms with Gasteiger partial charge in [-0.05, 0) is 18.9 Å². The highest BCUT2D eigenvalue weighted by molar-refractivity contribution is 5.69. The van der Waals surface area contributed by atoms with Gasteiger partial charge in [-0.1, -0.05) is 104 Å². The lowest BCUT2D eigenvalue weighted by molar-refractivity contribution is 0.518. The van der Waals surface area contributed by atoms with E-state index < -0.39 is 0 Å². The summed E-state index contributed by atoms with van der Waals surface area (Å²) in [5.74, 6) is 1.05. The number of rotatable bonds is 9. The SMILES string of the molecule is CCCCn1c(-c2ccccc2)nc(-c2ccccc2)c1C(C)NCc1ccccc1. The van der Waals surface area contributed by atoms with E-state index in [2.05, 4.69) is 115 Å². The van der Waals surface area contributed by atoms with Crippen molar-refractivity contribution < 1.29 is 0 Å². The lowest BCUT2D eigenvalue weighted by Crippen LogP contribution is -2.22. The molecule has 0 amide bonds. The van der Waals surface area contributed by atoms with Crippen molar-refractivity contribution in [1.82, 2.24) is 14.9 Å². The van der Waals surface area contributed by atoms with E-state index in [4.69, 9.17) is 4.98 Å². The minimum Gasteiger partial charge on any atom is -0.326 e. The van der Waals surface area contributed by atoms with Crippen LogP contribution < -0.4 is 5.32 Å². The zero-order valence-corrected chi connectivity index (χ0v) is 18.5. The third-order valence-electron chi connectivity index (χ3n) is 5.69. The maximum Gasteiger partial charge on any atom is 0.140 e. The lowest BCUT2D eigenvalue weighted by Gasteiger charge is -2.20. The Morgan fingerprint density at radius 3 is 2.00 bits per heavy atom. The molecule has 0 aliphatic carbocycles. The minimum absolute atomic E-state index is 0.164. The summed E-state index contributed by atoms with van der Waals surface area (Å²) in [6, 6.07) is 31.9. The number of nitrogens with one attached hydrogen (secondary N) is 1. The molecule has 0 saturated heterocycles. The van der Waals surface area contributed by atoms with Gasteiger partial charge >= 0.3 is 0 Å². The monoisotopic (exact) mass is 409 g/mol. The van der Waals surface area contributed by atoms with E-state index in [0.29, 0.717) is 0 Å². The Bertz CT molecular complexity index is 1070. The number of aromatic nitrogens is 2. The molecule has 0 bridgehead atoms. The Kier molecular flexibility index (Phi) is 6.96. The first-order valence-electron chi connectivity index (χ1n) is 11.3. The van der Waals surface area contributed by atoms with Crippen molar-refractivity contribution in [2.75, 3.05) is 0 Å². The molecule has 4 aromatic rings. The van der Waals surface area contributed by atoms with Gasteiger partial charge in [-0.15, -0.1) is 0 Å². The maximum atomic E-state index is 5.20. The summed E-state index contributed by atoms with van der Waals surface area (Å²) in [6.07, 6.45) is 2.28. The van der Waals surface area contributed by atoms with Gasteiger partial charge in [0.15, 0.2) is 0 Å². The molecule has 1 heterocycles. The number of nitrogens with zero attached hydrogens (tertiary/aromatic N) is 2. The van der Waals surface area contributed by atoms with Crippen molar-refractivity contribution in [2.45, 2.75) is 45.8 Å². The van der Waals surface area contributed by atoms with Crippen LogP contribution in [-0.2, 0) is 13.1 Å². The number of unbranched alkanes of at least 4 members (excludes halogenated alkanes) is 1. The third kappa shape index (κ3) is 4.95. The van der Waals surface area contributed by atoms with Gasteiger partial charge in [0, 0.05) is 30.3 Å². The molecule has 3 nitrogen and oxygen atoms in total. The summed E-state index contributed by atoms with van der Waals surface area (Å²) in [5.41, 5.74) is 5.95. The second kappa shape index (κ2) is 10.2. The van der Waals surface area contributed by atoms with Gasteiger partial charge in [0.25, 0.3) is 0 Å². The van der Waals surface area contributed by atoms with E-state index in [1.807, 2.05) is 0 Å². The predicted molar refractivity (Wildman–Crippen MR) is 130 cm³/mol. The molecule has 1 atom stereocenters. The molecule has 4 rings (SSSR count). The van der Waals surface area contributed by atoms with Gasteiger partial charge in [0.05, 0.1) is 11.4 Å². The van der Waals surface area contributed by atoms with E-state index in [-0.39, 0.29) is 6.04 Å². The predicted octanol–water partition coefficient (Wildman–Crippen LogP) is 6.87. The standard InChI is InChI=1S/C28H31N3/c1-3-4-20-31-27(22(2)29-21-23-14-8-5-9-15-23)26(24-16-10-6-11-17-24)30-28(31)25-18-12-7-13-19-25/h5-19,22,29H,3-4,20-21H2,1-2H3. The van der Waals surface area contributed by atoms with Crippen LogP contribution in [0.25, 0.3) is 22.6 Å². The number of benzene rings is 3. The quantitative estimate of drug-likeness (QED) is 0.327. The fourth-order valence-electron chi connectivity index (χ4n) is 4.03. The summed E-state index contributed by atoms with van der Waals surface area (Å²) in [7, 11) is 0. The second-order valence-corrected chi connectivity index (χ2v) is 7.99. The first-order valence-corrected chi connectivity index (χ1v) is 11.3. The zero-order chi connectivity index (χ0) is 21.5. The molecule has 0 aliphatic rings. The van der Waals surface area contributed by atoms with E-state index >= 15 is 0 Å². The molecule has 158 valence electrons. The van der Waals surface area contributed by atoms with Gasteiger partial charge in [0.2, 0.25) is 0 Å². The van der Waals surface area contributed by atoms with Gasteiger partial charge in [-0.25, -0.2) is 4.98 Å². The van der Waals surface area contributed by atoms with Crippen molar-refractivity contribution in [3.63, 3.8) is 0 Å². The maximum absolute atomic E-state index is 5.20. The first kappa shape index (κ1) is 21.1. The van der Waals surface area contributed by atoms with Crippen LogP contribution in [0.1, 0.15) is 44.0 Å². The van der Waals surface area contributed by atoms with Crippen LogP contribution in [0.5, 0.6) is 0 Å². The van der Waals surface area contributed by atoms with Gasteiger partial charge < -0.3 is 9.88 Å². The van der Waals surface area contributed by atoms with Crippen LogP contribution in [0, 0.1) is 0 Å². The fraction of sp³-hybridized carbons (Fsp3) is 0.250. The largest absolute Gasteiger partial charge is 0.326 e. The Morgan fingerprint density at radius 1 is 0.806 bits per heavy atom. The highest BCUT2D eigenvalue weighted by Crippen LogP contribution is 2.33. The first-order chi connectivity index (χ1) is 15.3. The Balaban J connectivity index is 1.78. The average molecular weight is 410 g/mol. The average Bonchev–Trinajstić information content (AvgIpc) is 3.22. The molecule has 0 spiro atoms. The molecule has 1 unspecified atom stereocenters. The summed E-state index contributed by atoms with van der Waals surface area (Å²) in [4.78, 5) is 5.20. The van der Waals surface area contributed by atoms with Gasteiger partial charge in [-0.3, -0.25) is 0 Å². The fourth-order valence-corrected chi connectivity index (χ4v) is 4.03. The van der Waals surface area contributed by atoms with Crippen LogP contribution in [0.4, 0.5) is 0 Å².